The van der Waals surface area contributed by atoms with Crippen LogP contribution in [0.1, 0.15) is 53.5 Å². The average Bonchev–Trinajstić information content (AvgIpc) is 2.48. The van der Waals surface area contributed by atoms with Gasteiger partial charge < -0.3 is 5.11 Å². The lowest BCUT2D eigenvalue weighted by molar-refractivity contribution is -0.127. The van der Waals surface area contributed by atoms with E-state index in [-0.39, 0.29) is 12.0 Å². The van der Waals surface area contributed by atoms with Crippen LogP contribution in [-0.2, 0) is 11.4 Å². The first kappa shape index (κ1) is 19.6. The van der Waals surface area contributed by atoms with Gasteiger partial charge in [0.2, 0.25) is 0 Å². The van der Waals surface area contributed by atoms with Crippen LogP contribution in [-0.4, -0.2) is 10.9 Å². The number of hydrogen-bond acceptors (Lipinski definition) is 2. The highest BCUT2D eigenvalue weighted by Gasteiger charge is 2.33. The van der Waals surface area contributed by atoms with Crippen LogP contribution in [0.3, 0.4) is 0 Å². The first-order valence-corrected chi connectivity index (χ1v) is 7.55. The van der Waals surface area contributed by atoms with E-state index in [9.17, 15) is 4.79 Å². The largest absolute Gasteiger partial charge is 0.392 e. The molecule has 0 aromatic heterocycles. The summed E-state index contributed by atoms with van der Waals surface area (Å²) in [6, 6.07) is 9.52. The number of rotatable bonds is 5. The maximum atomic E-state index is 11.5. The van der Waals surface area contributed by atoms with Crippen molar-refractivity contribution in [3.63, 3.8) is 0 Å². The molecule has 1 aromatic carbocycles. The Morgan fingerprint density at radius 2 is 1.76 bits per heavy atom. The zero-order valence-corrected chi connectivity index (χ0v) is 14.3. The summed E-state index contributed by atoms with van der Waals surface area (Å²) in [4.78, 5) is 11.5. The fourth-order valence-corrected chi connectivity index (χ4v) is 2.00. The quantitative estimate of drug-likeness (QED) is 0.793. The minimum atomic E-state index is -0.184. The molecule has 2 nitrogen and oxygen atoms in total. The highest BCUT2D eigenvalue weighted by Crippen LogP contribution is 2.34. The highest BCUT2D eigenvalue weighted by molar-refractivity contribution is 5.82. The first-order valence-electron chi connectivity index (χ1n) is 7.55. The molecule has 118 valence electrons. The van der Waals surface area contributed by atoms with Gasteiger partial charge in [0.15, 0.2) is 0 Å². The summed E-state index contributed by atoms with van der Waals surface area (Å²) in [5.74, 6) is 0.698. The van der Waals surface area contributed by atoms with E-state index in [4.69, 9.17) is 5.11 Å². The fourth-order valence-electron chi connectivity index (χ4n) is 2.00. The Balaban J connectivity index is 0.000000423. The third-order valence-electron chi connectivity index (χ3n) is 4.24. The molecular weight excluding hydrogens is 260 g/mol. The van der Waals surface area contributed by atoms with E-state index in [1.54, 1.807) is 6.92 Å². The first-order chi connectivity index (χ1) is 9.77. The highest BCUT2D eigenvalue weighted by atomic mass is 16.3. The lowest BCUT2D eigenvalue weighted by Gasteiger charge is -2.31. The summed E-state index contributed by atoms with van der Waals surface area (Å²) in [7, 11) is 0. The molecule has 0 bridgehead atoms. The minimum absolute atomic E-state index is 0.140. The number of Topliss-reactive ketones (excluding diaryl/α,β-unsaturated/α-hetero) is 1. The molecule has 1 rings (SSSR count). The number of aliphatic hydroxyl groups is 1. The van der Waals surface area contributed by atoms with Crippen LogP contribution in [0.4, 0.5) is 0 Å². The molecule has 0 fully saturated rings. The molecule has 0 spiro atoms. The predicted molar refractivity (Wildman–Crippen MR) is 90.0 cm³/mol. The average molecular weight is 290 g/mol. The Labute approximate surface area is 129 Å². The summed E-state index contributed by atoms with van der Waals surface area (Å²) in [5, 5.41) is 8.54. The van der Waals surface area contributed by atoms with Gasteiger partial charge in [-0.2, -0.15) is 0 Å². The summed E-state index contributed by atoms with van der Waals surface area (Å²) < 4.78 is 0. The van der Waals surface area contributed by atoms with Crippen molar-refractivity contribution in [2.24, 2.45) is 11.3 Å². The van der Waals surface area contributed by atoms with Gasteiger partial charge in [-0.3, -0.25) is 4.79 Å². The maximum absolute atomic E-state index is 11.5. The van der Waals surface area contributed by atoms with E-state index in [0.717, 1.165) is 12.0 Å². The van der Waals surface area contributed by atoms with Crippen molar-refractivity contribution in [2.45, 2.75) is 54.6 Å². The van der Waals surface area contributed by atoms with Crippen molar-refractivity contribution in [2.75, 3.05) is 0 Å². The van der Waals surface area contributed by atoms with E-state index in [1.807, 2.05) is 37.3 Å². The molecule has 0 aliphatic rings. The summed E-state index contributed by atoms with van der Waals surface area (Å²) in [5.41, 5.74) is 2.08. The van der Waals surface area contributed by atoms with Gasteiger partial charge in [-0.25, -0.2) is 0 Å². The molecular formula is C19H30O2. The van der Waals surface area contributed by atoms with Gasteiger partial charge in [-0.1, -0.05) is 62.8 Å². The van der Waals surface area contributed by atoms with Gasteiger partial charge in [-0.05, 0) is 38.7 Å². The van der Waals surface area contributed by atoms with E-state index in [2.05, 4.69) is 33.8 Å². The molecule has 2 heteroatoms. The number of allylic oxidation sites excluding steroid dienone is 2. The SMILES string of the molecule is CC=C(C)CC(C)(C(C)=O)C(C)C.OCc1ccccc1. The van der Waals surface area contributed by atoms with E-state index >= 15 is 0 Å². The van der Waals surface area contributed by atoms with Crippen molar-refractivity contribution >= 4 is 5.78 Å². The monoisotopic (exact) mass is 290 g/mol. The van der Waals surface area contributed by atoms with Crippen molar-refractivity contribution in [3.8, 4) is 0 Å². The number of aliphatic hydroxyl groups excluding tert-OH is 1. The molecule has 0 aliphatic heterocycles. The number of hydrogen-bond donors (Lipinski definition) is 1. The fraction of sp³-hybridized carbons (Fsp3) is 0.526. The summed E-state index contributed by atoms with van der Waals surface area (Å²) >= 11 is 0. The van der Waals surface area contributed by atoms with Gasteiger partial charge in [0.05, 0.1) is 6.61 Å². The topological polar surface area (TPSA) is 37.3 Å². The van der Waals surface area contributed by atoms with E-state index in [0.29, 0.717) is 11.7 Å². The molecule has 1 unspecified atom stereocenters. The number of benzene rings is 1. The summed E-state index contributed by atoms with van der Waals surface area (Å²) in [6.07, 6.45) is 2.97. The van der Waals surface area contributed by atoms with Crippen LogP contribution in [0.25, 0.3) is 0 Å². The van der Waals surface area contributed by atoms with Crippen LogP contribution in [0.2, 0.25) is 0 Å². The molecule has 0 heterocycles. The second-order valence-corrected chi connectivity index (χ2v) is 6.08. The second kappa shape index (κ2) is 9.51. The molecule has 0 saturated heterocycles. The molecule has 1 aromatic rings. The van der Waals surface area contributed by atoms with Crippen LogP contribution in [0, 0.1) is 11.3 Å². The van der Waals surface area contributed by atoms with Crippen molar-refractivity contribution in [1.29, 1.82) is 0 Å². The van der Waals surface area contributed by atoms with Crippen LogP contribution >= 0.6 is 0 Å². The molecule has 1 atom stereocenters. The zero-order chi connectivity index (χ0) is 16.5. The molecule has 21 heavy (non-hydrogen) atoms. The third-order valence-corrected chi connectivity index (χ3v) is 4.24. The second-order valence-electron chi connectivity index (χ2n) is 6.08. The van der Waals surface area contributed by atoms with Crippen molar-refractivity contribution in [1.82, 2.24) is 0 Å². The summed E-state index contributed by atoms with van der Waals surface area (Å²) in [6.45, 7) is 12.2. The van der Waals surface area contributed by atoms with Crippen LogP contribution in [0.15, 0.2) is 42.0 Å². The van der Waals surface area contributed by atoms with E-state index < -0.39 is 0 Å². The molecule has 0 aliphatic carbocycles. The standard InChI is InChI=1S/C12H22O.C7H8O/c1-7-10(4)8-12(6,9(2)3)11(5)13;8-6-7-4-2-1-3-5-7/h7,9H,8H2,1-6H3;1-5,8H,6H2. The Morgan fingerprint density at radius 3 is 2.05 bits per heavy atom. The van der Waals surface area contributed by atoms with Gasteiger partial charge in [0.25, 0.3) is 0 Å². The molecule has 0 radical (unpaired) electrons. The van der Waals surface area contributed by atoms with Gasteiger partial charge in [0.1, 0.15) is 5.78 Å². The predicted octanol–water partition coefficient (Wildman–Crippen LogP) is 4.77. The Hall–Kier alpha value is -1.41. The molecule has 0 amide bonds. The van der Waals surface area contributed by atoms with Gasteiger partial charge >= 0.3 is 0 Å². The smallest absolute Gasteiger partial charge is 0.136 e. The van der Waals surface area contributed by atoms with E-state index in [1.165, 1.54) is 5.57 Å². The zero-order valence-electron chi connectivity index (χ0n) is 14.3. The lowest BCUT2D eigenvalue weighted by Crippen LogP contribution is -2.31. The number of carbonyl (C=O) groups excluding carboxylic acids is 1. The Kier molecular flexibility index (Phi) is 8.87. The third kappa shape index (κ3) is 6.72. The van der Waals surface area contributed by atoms with Gasteiger partial charge in [0, 0.05) is 5.41 Å². The lowest BCUT2D eigenvalue weighted by atomic mass is 9.72. The minimum Gasteiger partial charge on any atom is -0.392 e. The molecule has 0 saturated carbocycles. The van der Waals surface area contributed by atoms with Crippen LogP contribution in [0.5, 0.6) is 0 Å². The maximum Gasteiger partial charge on any atom is 0.136 e. The number of carbonyl (C=O) groups is 1. The number of ketones is 1. The van der Waals surface area contributed by atoms with Crippen molar-refractivity contribution in [3.05, 3.63) is 47.5 Å². The van der Waals surface area contributed by atoms with Gasteiger partial charge in [-0.15, -0.1) is 0 Å². The van der Waals surface area contributed by atoms with Crippen LogP contribution < -0.4 is 0 Å². The Bertz CT molecular complexity index is 446. The molecule has 1 N–H and O–H groups in total. The normalized spacial score (nSPS) is 14.2. The Morgan fingerprint density at radius 1 is 1.24 bits per heavy atom. The van der Waals surface area contributed by atoms with Crippen molar-refractivity contribution < 1.29 is 9.90 Å².